The summed E-state index contributed by atoms with van der Waals surface area (Å²) in [5, 5.41) is 2.10. The molecular weight excluding hydrogens is 228 g/mol. The number of aryl methyl sites for hydroxylation is 1. The molecule has 0 spiro atoms. The number of nitrogens with zero attached hydrogens (tertiary/aromatic N) is 2. The molecule has 84 valence electrons. The first-order valence-electron chi connectivity index (χ1n) is 5.45. The molecule has 0 aliphatic heterocycles. The Morgan fingerprint density at radius 3 is 2.41 bits per heavy atom. The van der Waals surface area contributed by atoms with Gasteiger partial charge in [-0.15, -0.1) is 11.3 Å². The van der Waals surface area contributed by atoms with E-state index in [-0.39, 0.29) is 0 Å². The van der Waals surface area contributed by atoms with Crippen LogP contribution in [0.5, 0.6) is 0 Å². The molecule has 1 aromatic carbocycles. The van der Waals surface area contributed by atoms with Crippen LogP contribution in [-0.4, -0.2) is 9.55 Å². The van der Waals surface area contributed by atoms with Gasteiger partial charge in [-0.25, -0.2) is 4.98 Å². The first-order chi connectivity index (χ1) is 8.34. The van der Waals surface area contributed by atoms with Gasteiger partial charge < -0.3 is 4.57 Å². The van der Waals surface area contributed by atoms with Gasteiger partial charge in [0.25, 0.3) is 0 Å². The van der Waals surface area contributed by atoms with Gasteiger partial charge in [0.1, 0.15) is 0 Å². The summed E-state index contributed by atoms with van der Waals surface area (Å²) in [4.78, 5) is 5.44. The van der Waals surface area contributed by atoms with Gasteiger partial charge in [0.15, 0.2) is 0 Å². The van der Waals surface area contributed by atoms with Crippen molar-refractivity contribution in [2.24, 2.45) is 7.05 Å². The highest BCUT2D eigenvalue weighted by Crippen LogP contribution is 2.27. The van der Waals surface area contributed by atoms with Crippen LogP contribution < -0.4 is 0 Å². The van der Waals surface area contributed by atoms with Crippen molar-refractivity contribution in [1.29, 1.82) is 0 Å². The largest absolute Gasteiger partial charge is 0.334 e. The minimum Gasteiger partial charge on any atom is -0.334 e. The lowest BCUT2D eigenvalue weighted by Gasteiger charge is -2.03. The average molecular weight is 240 g/mol. The maximum Gasteiger partial charge on any atom is 0.0948 e. The minimum absolute atomic E-state index is 1.14. The quantitative estimate of drug-likeness (QED) is 0.666. The van der Waals surface area contributed by atoms with E-state index in [1.807, 2.05) is 24.1 Å². The van der Waals surface area contributed by atoms with Crippen molar-refractivity contribution in [1.82, 2.24) is 9.55 Å². The van der Waals surface area contributed by atoms with Crippen LogP contribution in [0.3, 0.4) is 0 Å². The Balaban J connectivity index is 1.99. The molecule has 2 heterocycles. The summed E-state index contributed by atoms with van der Waals surface area (Å²) in [6.45, 7) is 0. The second-order valence-corrected chi connectivity index (χ2v) is 4.89. The van der Waals surface area contributed by atoms with Crippen LogP contribution >= 0.6 is 11.3 Å². The Kier molecular flexibility index (Phi) is 2.53. The third-order valence-electron chi connectivity index (χ3n) is 2.80. The summed E-state index contributed by atoms with van der Waals surface area (Å²) >= 11 is 1.76. The standard InChI is InChI=1S/C14H12N2S/c1-16-10-15-9-13(16)11-4-6-12(7-5-11)14-3-2-8-17-14/h2-10H,1H3. The smallest absolute Gasteiger partial charge is 0.0948 e. The van der Waals surface area contributed by atoms with Crippen LogP contribution in [0.2, 0.25) is 0 Å². The van der Waals surface area contributed by atoms with Gasteiger partial charge in [-0.2, -0.15) is 0 Å². The van der Waals surface area contributed by atoms with Crippen LogP contribution in [0.25, 0.3) is 21.7 Å². The Bertz CT molecular complexity index is 606. The normalized spacial score (nSPS) is 10.6. The van der Waals surface area contributed by atoms with E-state index >= 15 is 0 Å². The van der Waals surface area contributed by atoms with Gasteiger partial charge in [0, 0.05) is 11.9 Å². The van der Waals surface area contributed by atoms with Crippen molar-refractivity contribution in [3.05, 3.63) is 54.3 Å². The maximum atomic E-state index is 4.14. The second-order valence-electron chi connectivity index (χ2n) is 3.94. The van der Waals surface area contributed by atoms with E-state index in [2.05, 4.69) is 46.8 Å². The van der Waals surface area contributed by atoms with E-state index in [1.165, 1.54) is 16.0 Å². The monoisotopic (exact) mass is 240 g/mol. The molecule has 0 N–H and O–H groups in total. The SMILES string of the molecule is Cn1cncc1-c1ccc(-c2cccs2)cc1. The molecule has 0 amide bonds. The molecule has 2 aromatic heterocycles. The van der Waals surface area contributed by atoms with Gasteiger partial charge in [-0.3, -0.25) is 0 Å². The summed E-state index contributed by atoms with van der Waals surface area (Å²) in [6.07, 6.45) is 3.71. The minimum atomic E-state index is 1.14. The molecular formula is C14H12N2S. The Morgan fingerprint density at radius 1 is 1.06 bits per heavy atom. The molecule has 2 nitrogen and oxygen atoms in total. The fourth-order valence-electron chi connectivity index (χ4n) is 1.88. The van der Waals surface area contributed by atoms with Crippen molar-refractivity contribution in [2.45, 2.75) is 0 Å². The molecule has 0 unspecified atom stereocenters. The summed E-state index contributed by atoms with van der Waals surface area (Å²) in [5.41, 5.74) is 3.61. The molecule has 0 aliphatic rings. The van der Waals surface area contributed by atoms with Gasteiger partial charge in [0.2, 0.25) is 0 Å². The Hall–Kier alpha value is -1.87. The molecule has 0 fully saturated rings. The van der Waals surface area contributed by atoms with Gasteiger partial charge in [-0.05, 0) is 22.6 Å². The lowest BCUT2D eigenvalue weighted by molar-refractivity contribution is 0.921. The van der Waals surface area contributed by atoms with E-state index < -0.39 is 0 Å². The zero-order valence-corrected chi connectivity index (χ0v) is 10.3. The molecule has 3 rings (SSSR count). The third kappa shape index (κ3) is 1.89. The average Bonchev–Trinajstić information content (AvgIpc) is 3.00. The molecule has 3 aromatic rings. The molecule has 0 aliphatic carbocycles. The predicted molar refractivity (Wildman–Crippen MR) is 72.0 cm³/mol. The van der Waals surface area contributed by atoms with E-state index in [1.54, 1.807) is 11.3 Å². The van der Waals surface area contributed by atoms with Crippen molar-refractivity contribution in [2.75, 3.05) is 0 Å². The highest BCUT2D eigenvalue weighted by atomic mass is 32.1. The molecule has 3 heteroatoms. The Labute approximate surface area is 104 Å². The van der Waals surface area contributed by atoms with E-state index in [0.717, 1.165) is 5.69 Å². The number of hydrogen-bond acceptors (Lipinski definition) is 2. The lowest BCUT2D eigenvalue weighted by Crippen LogP contribution is -1.88. The number of imidazole rings is 1. The van der Waals surface area contributed by atoms with Gasteiger partial charge >= 0.3 is 0 Å². The number of rotatable bonds is 2. The van der Waals surface area contributed by atoms with E-state index in [4.69, 9.17) is 0 Å². The first-order valence-corrected chi connectivity index (χ1v) is 6.33. The number of hydrogen-bond donors (Lipinski definition) is 0. The third-order valence-corrected chi connectivity index (χ3v) is 3.72. The van der Waals surface area contributed by atoms with Gasteiger partial charge in [0.05, 0.1) is 18.2 Å². The number of benzene rings is 1. The topological polar surface area (TPSA) is 17.8 Å². The molecule has 0 atom stereocenters. The van der Waals surface area contributed by atoms with Crippen molar-refractivity contribution >= 4 is 11.3 Å². The summed E-state index contributed by atoms with van der Waals surface area (Å²) in [6, 6.07) is 12.8. The van der Waals surface area contributed by atoms with E-state index in [0.29, 0.717) is 0 Å². The number of aromatic nitrogens is 2. The summed E-state index contributed by atoms with van der Waals surface area (Å²) < 4.78 is 2.03. The fourth-order valence-corrected chi connectivity index (χ4v) is 2.62. The molecule has 0 saturated heterocycles. The predicted octanol–water partition coefficient (Wildman–Crippen LogP) is 3.82. The number of thiophene rings is 1. The zero-order valence-electron chi connectivity index (χ0n) is 9.50. The first kappa shape index (κ1) is 10.3. The highest BCUT2D eigenvalue weighted by molar-refractivity contribution is 7.13. The van der Waals surface area contributed by atoms with Crippen LogP contribution in [0.1, 0.15) is 0 Å². The van der Waals surface area contributed by atoms with E-state index in [9.17, 15) is 0 Å². The lowest BCUT2D eigenvalue weighted by atomic mass is 10.1. The zero-order chi connectivity index (χ0) is 11.7. The molecule has 0 bridgehead atoms. The molecule has 0 saturated carbocycles. The highest BCUT2D eigenvalue weighted by Gasteiger charge is 2.03. The van der Waals surface area contributed by atoms with Crippen molar-refractivity contribution in [3.8, 4) is 21.7 Å². The van der Waals surface area contributed by atoms with Crippen LogP contribution in [-0.2, 0) is 7.05 Å². The van der Waals surface area contributed by atoms with Crippen LogP contribution in [0.4, 0.5) is 0 Å². The van der Waals surface area contributed by atoms with Crippen LogP contribution in [0.15, 0.2) is 54.3 Å². The summed E-state index contributed by atoms with van der Waals surface area (Å²) in [7, 11) is 2.01. The second kappa shape index (κ2) is 4.18. The Morgan fingerprint density at radius 2 is 1.82 bits per heavy atom. The fraction of sp³-hybridized carbons (Fsp3) is 0.0714. The van der Waals surface area contributed by atoms with Gasteiger partial charge in [-0.1, -0.05) is 30.3 Å². The van der Waals surface area contributed by atoms with Crippen LogP contribution in [0, 0.1) is 0 Å². The maximum absolute atomic E-state index is 4.14. The van der Waals surface area contributed by atoms with Crippen molar-refractivity contribution in [3.63, 3.8) is 0 Å². The molecule has 0 radical (unpaired) electrons. The summed E-state index contributed by atoms with van der Waals surface area (Å²) in [5.74, 6) is 0. The van der Waals surface area contributed by atoms with Crippen molar-refractivity contribution < 1.29 is 0 Å². The molecule has 17 heavy (non-hydrogen) atoms.